The van der Waals surface area contributed by atoms with Gasteiger partial charge in [-0.2, -0.15) is 9.97 Å². The van der Waals surface area contributed by atoms with Gasteiger partial charge in [0.2, 0.25) is 5.95 Å². The maximum absolute atomic E-state index is 13.1. The number of rotatable bonds is 4. The van der Waals surface area contributed by atoms with Gasteiger partial charge in [0, 0.05) is 13.2 Å². The Hall–Kier alpha value is -3.76. The number of nitrogens with one attached hydrogen (secondary N) is 1. The molecule has 0 aliphatic rings. The number of anilines is 3. The van der Waals surface area contributed by atoms with Crippen molar-refractivity contribution in [2.75, 3.05) is 11.1 Å². The summed E-state index contributed by atoms with van der Waals surface area (Å²) in [7, 11) is 1.85. The summed E-state index contributed by atoms with van der Waals surface area (Å²) >= 11 is 0. The Balaban J connectivity index is 1.77. The average molecular weight is 366 g/mol. The summed E-state index contributed by atoms with van der Waals surface area (Å²) in [6, 6.07) is 0. The van der Waals surface area contributed by atoms with Crippen molar-refractivity contribution in [2.45, 2.75) is 12.8 Å². The zero-order valence-electron chi connectivity index (χ0n) is 14.5. The van der Waals surface area contributed by atoms with Crippen LogP contribution < -0.4 is 11.1 Å². The van der Waals surface area contributed by atoms with E-state index in [1.807, 2.05) is 14.0 Å². The van der Waals surface area contributed by atoms with Crippen molar-refractivity contribution in [2.24, 2.45) is 7.05 Å². The highest BCUT2D eigenvalue weighted by Gasteiger charge is 2.17. The molecule has 0 saturated carbocycles. The number of fused-ring (bicyclic) bond motifs is 1. The van der Waals surface area contributed by atoms with Crippen LogP contribution in [0.1, 0.15) is 24.4 Å². The van der Waals surface area contributed by atoms with E-state index in [2.05, 4.69) is 40.2 Å². The summed E-state index contributed by atoms with van der Waals surface area (Å²) in [4.78, 5) is 29.5. The van der Waals surface area contributed by atoms with Gasteiger partial charge in [-0.3, -0.25) is 0 Å². The van der Waals surface area contributed by atoms with Crippen LogP contribution in [0.4, 0.5) is 22.0 Å². The number of imidazole rings is 1. The lowest BCUT2D eigenvalue weighted by molar-refractivity contribution is 0.605. The first kappa shape index (κ1) is 16.7. The van der Waals surface area contributed by atoms with Crippen molar-refractivity contribution in [1.29, 1.82) is 0 Å². The fraction of sp³-hybridized carbons (Fsp3) is 0.188. The van der Waals surface area contributed by atoms with Crippen molar-refractivity contribution in [3.05, 3.63) is 48.5 Å². The van der Waals surface area contributed by atoms with Gasteiger partial charge in [-0.15, -0.1) is 0 Å². The van der Waals surface area contributed by atoms with Crippen LogP contribution in [0.25, 0.3) is 11.2 Å². The number of nitrogens with zero attached hydrogens (tertiary/aromatic N) is 8. The maximum Gasteiger partial charge on any atom is 0.224 e. The summed E-state index contributed by atoms with van der Waals surface area (Å²) in [6.45, 7) is 1.85. The molecule has 4 aromatic heterocycles. The number of halogens is 1. The van der Waals surface area contributed by atoms with Crippen molar-refractivity contribution >= 4 is 28.7 Å². The molecule has 3 N–H and O–H groups in total. The van der Waals surface area contributed by atoms with Crippen LogP contribution in [0.2, 0.25) is 0 Å². The fourth-order valence-electron chi connectivity index (χ4n) is 2.51. The Bertz CT molecular complexity index is 1110. The number of aryl methyl sites for hydroxylation is 1. The van der Waals surface area contributed by atoms with E-state index in [0.717, 1.165) is 12.4 Å². The molecular weight excluding hydrogens is 351 g/mol. The Morgan fingerprint density at radius 3 is 2.56 bits per heavy atom. The van der Waals surface area contributed by atoms with E-state index in [1.165, 1.54) is 0 Å². The molecule has 136 valence electrons. The zero-order valence-corrected chi connectivity index (χ0v) is 14.5. The SMILES string of the molecule is C[C@@H](c1cnc2nc(N)nc(Nc3cn(C)cn3)c2n1)c1ncc(F)cn1. The molecule has 0 aliphatic heterocycles. The van der Waals surface area contributed by atoms with Gasteiger partial charge >= 0.3 is 0 Å². The molecule has 4 rings (SSSR count). The van der Waals surface area contributed by atoms with Gasteiger partial charge in [-0.25, -0.2) is 29.3 Å². The molecule has 0 aromatic carbocycles. The lowest BCUT2D eigenvalue weighted by atomic mass is 10.1. The van der Waals surface area contributed by atoms with Gasteiger partial charge in [-0.1, -0.05) is 0 Å². The van der Waals surface area contributed by atoms with Gasteiger partial charge in [0.25, 0.3) is 0 Å². The number of nitrogens with two attached hydrogens (primary N) is 1. The fourth-order valence-corrected chi connectivity index (χ4v) is 2.51. The van der Waals surface area contributed by atoms with E-state index >= 15 is 0 Å². The van der Waals surface area contributed by atoms with Crippen LogP contribution in [0.15, 0.2) is 31.1 Å². The first-order chi connectivity index (χ1) is 13.0. The lowest BCUT2D eigenvalue weighted by Crippen LogP contribution is -2.08. The van der Waals surface area contributed by atoms with Crippen molar-refractivity contribution in [3.8, 4) is 0 Å². The second-order valence-corrected chi connectivity index (χ2v) is 5.93. The first-order valence-electron chi connectivity index (χ1n) is 8.02. The molecule has 1 atom stereocenters. The van der Waals surface area contributed by atoms with Crippen LogP contribution in [0, 0.1) is 5.82 Å². The molecule has 0 unspecified atom stereocenters. The van der Waals surface area contributed by atoms with Gasteiger partial charge in [-0.05, 0) is 6.92 Å². The lowest BCUT2D eigenvalue weighted by Gasteiger charge is -2.11. The number of hydrogen-bond acceptors (Lipinski definition) is 9. The number of nitrogen functional groups attached to an aromatic ring is 1. The summed E-state index contributed by atoms with van der Waals surface area (Å²) in [5.41, 5.74) is 7.14. The zero-order chi connectivity index (χ0) is 19.0. The average Bonchev–Trinajstić information content (AvgIpc) is 3.06. The van der Waals surface area contributed by atoms with Crippen molar-refractivity contribution in [1.82, 2.24) is 39.5 Å². The topological polar surface area (TPSA) is 133 Å². The molecule has 0 bridgehead atoms. The largest absolute Gasteiger partial charge is 0.368 e. The van der Waals surface area contributed by atoms with Gasteiger partial charge in [0.15, 0.2) is 22.8 Å². The second kappa shape index (κ2) is 6.52. The van der Waals surface area contributed by atoms with Crippen molar-refractivity contribution in [3.63, 3.8) is 0 Å². The molecule has 0 radical (unpaired) electrons. The van der Waals surface area contributed by atoms with E-state index in [9.17, 15) is 4.39 Å². The van der Waals surface area contributed by atoms with E-state index in [0.29, 0.717) is 34.3 Å². The van der Waals surface area contributed by atoms with Crippen molar-refractivity contribution < 1.29 is 4.39 Å². The highest BCUT2D eigenvalue weighted by Crippen LogP contribution is 2.25. The van der Waals surface area contributed by atoms with Crippen LogP contribution >= 0.6 is 0 Å². The third kappa shape index (κ3) is 3.34. The van der Waals surface area contributed by atoms with E-state index in [-0.39, 0.29) is 11.9 Å². The maximum atomic E-state index is 13.1. The summed E-state index contributed by atoms with van der Waals surface area (Å²) in [6.07, 6.45) is 7.24. The van der Waals surface area contributed by atoms with Gasteiger partial charge in [0.1, 0.15) is 11.6 Å². The predicted octanol–water partition coefficient (Wildman–Crippen LogP) is 1.56. The van der Waals surface area contributed by atoms with Crippen LogP contribution in [0.3, 0.4) is 0 Å². The van der Waals surface area contributed by atoms with E-state index < -0.39 is 5.82 Å². The van der Waals surface area contributed by atoms with E-state index in [4.69, 9.17) is 5.73 Å². The molecule has 4 heterocycles. The smallest absolute Gasteiger partial charge is 0.224 e. The quantitative estimate of drug-likeness (QED) is 0.552. The molecule has 0 aliphatic carbocycles. The molecule has 27 heavy (non-hydrogen) atoms. The van der Waals surface area contributed by atoms with Gasteiger partial charge in [0.05, 0.1) is 36.5 Å². The van der Waals surface area contributed by atoms with E-state index in [1.54, 1.807) is 23.3 Å². The third-order valence-electron chi connectivity index (χ3n) is 3.87. The molecule has 0 fully saturated rings. The highest BCUT2D eigenvalue weighted by atomic mass is 19.1. The Kier molecular flexibility index (Phi) is 4.03. The standard InChI is InChI=1S/C16H15FN10/c1-8(13-19-3-9(17)4-20-13)10-5-21-14-12(23-10)15(26-16(18)25-14)24-11-6-27(2)7-22-11/h3-8H,1-2H3,(H3,18,21,24,25,26)/t8-/m0/s1. The number of aromatic nitrogens is 8. The third-order valence-corrected chi connectivity index (χ3v) is 3.87. The molecule has 10 nitrogen and oxygen atoms in total. The summed E-state index contributed by atoms with van der Waals surface area (Å²) < 4.78 is 14.9. The monoisotopic (exact) mass is 366 g/mol. The minimum absolute atomic E-state index is 0.0675. The van der Waals surface area contributed by atoms with Gasteiger partial charge < -0.3 is 15.6 Å². The molecular formula is C16H15FN10. The minimum atomic E-state index is -0.499. The minimum Gasteiger partial charge on any atom is -0.368 e. The first-order valence-corrected chi connectivity index (χ1v) is 8.02. The Morgan fingerprint density at radius 1 is 1.07 bits per heavy atom. The number of hydrogen-bond donors (Lipinski definition) is 2. The second-order valence-electron chi connectivity index (χ2n) is 5.93. The summed E-state index contributed by atoms with van der Waals surface area (Å²) in [5.74, 6) is 0.666. The van der Waals surface area contributed by atoms with Crippen LogP contribution in [0.5, 0.6) is 0 Å². The summed E-state index contributed by atoms with van der Waals surface area (Å²) in [5, 5.41) is 3.08. The highest BCUT2D eigenvalue weighted by molar-refractivity contribution is 5.85. The molecule has 11 heteroatoms. The van der Waals surface area contributed by atoms with Crippen LogP contribution in [-0.2, 0) is 7.05 Å². The molecule has 0 amide bonds. The Labute approximate surface area is 152 Å². The molecule has 0 spiro atoms. The molecule has 0 saturated heterocycles. The predicted molar refractivity (Wildman–Crippen MR) is 95.5 cm³/mol. The molecule has 4 aromatic rings. The van der Waals surface area contributed by atoms with Crippen LogP contribution in [-0.4, -0.2) is 39.5 Å². The normalized spacial score (nSPS) is 12.3. The Morgan fingerprint density at radius 2 is 1.85 bits per heavy atom.